The number of amides is 3. The second-order valence-electron chi connectivity index (χ2n) is 7.18. The molecule has 0 fully saturated rings. The van der Waals surface area contributed by atoms with Gasteiger partial charge in [0, 0.05) is 45.0 Å². The number of anilines is 2. The van der Waals surface area contributed by atoms with Gasteiger partial charge < -0.3 is 20.4 Å². The summed E-state index contributed by atoms with van der Waals surface area (Å²) in [6.07, 6.45) is 0.436. The Balaban J connectivity index is 2.37. The minimum absolute atomic E-state index is 0.0568. The lowest BCUT2D eigenvalue weighted by Gasteiger charge is -2.31. The zero-order valence-corrected chi connectivity index (χ0v) is 18.0. The normalized spacial score (nSPS) is 11.5. The zero-order chi connectivity index (χ0) is 21.4. The maximum absolute atomic E-state index is 12.8. The van der Waals surface area contributed by atoms with Crippen molar-refractivity contribution >= 4 is 23.3 Å². The molecule has 0 saturated heterocycles. The van der Waals surface area contributed by atoms with Gasteiger partial charge in [0.2, 0.25) is 5.91 Å². The van der Waals surface area contributed by atoms with Gasteiger partial charge in [-0.2, -0.15) is 0 Å². The van der Waals surface area contributed by atoms with Crippen LogP contribution in [0.1, 0.15) is 44.4 Å². The Bertz CT molecular complexity index is 821. The first kappa shape index (κ1) is 22.3. The Labute approximate surface area is 173 Å². The van der Waals surface area contributed by atoms with Crippen LogP contribution in [0.5, 0.6) is 0 Å². The van der Waals surface area contributed by atoms with Crippen LogP contribution < -0.4 is 15.5 Å². The number of hydrogen-bond acceptors (Lipinski definition) is 3. The van der Waals surface area contributed by atoms with E-state index in [-0.39, 0.29) is 18.0 Å². The Hall–Kier alpha value is -3.02. The lowest BCUT2D eigenvalue weighted by atomic mass is 10.0. The third-order valence-corrected chi connectivity index (χ3v) is 4.87. The monoisotopic (exact) mass is 396 g/mol. The van der Waals surface area contributed by atoms with Gasteiger partial charge in [-0.05, 0) is 43.2 Å². The SMILES string of the molecule is CCNC(=O)Nc1ccc(N(C)C)c(CN(C(=O)CC)[C@@H](C)c2ccccc2)c1. The number of hydrogen-bond donors (Lipinski definition) is 2. The van der Waals surface area contributed by atoms with E-state index in [1.807, 2.05) is 86.3 Å². The van der Waals surface area contributed by atoms with Crippen molar-refractivity contribution < 1.29 is 9.59 Å². The molecule has 0 aromatic heterocycles. The average molecular weight is 397 g/mol. The maximum Gasteiger partial charge on any atom is 0.319 e. The highest BCUT2D eigenvalue weighted by Crippen LogP contribution is 2.29. The van der Waals surface area contributed by atoms with E-state index in [1.54, 1.807) is 0 Å². The maximum atomic E-state index is 12.8. The molecular weight excluding hydrogens is 364 g/mol. The van der Waals surface area contributed by atoms with Crippen LogP contribution in [0.2, 0.25) is 0 Å². The molecule has 6 nitrogen and oxygen atoms in total. The fourth-order valence-corrected chi connectivity index (χ4v) is 3.30. The summed E-state index contributed by atoms with van der Waals surface area (Å²) < 4.78 is 0. The fraction of sp³-hybridized carbons (Fsp3) is 0.391. The summed E-state index contributed by atoms with van der Waals surface area (Å²) in [7, 11) is 3.95. The third kappa shape index (κ3) is 5.98. The van der Waals surface area contributed by atoms with E-state index in [9.17, 15) is 9.59 Å². The molecule has 2 aromatic rings. The second kappa shape index (κ2) is 10.5. The molecule has 0 radical (unpaired) electrons. The molecule has 2 rings (SSSR count). The van der Waals surface area contributed by atoms with Crippen LogP contribution in [0.4, 0.5) is 16.2 Å². The topological polar surface area (TPSA) is 64.7 Å². The zero-order valence-electron chi connectivity index (χ0n) is 18.0. The van der Waals surface area contributed by atoms with Crippen LogP contribution >= 0.6 is 0 Å². The minimum atomic E-state index is -0.241. The number of carbonyl (C=O) groups excluding carboxylic acids is 2. The van der Waals surface area contributed by atoms with Crippen molar-refractivity contribution in [3.8, 4) is 0 Å². The number of nitrogens with zero attached hydrogens (tertiary/aromatic N) is 2. The Morgan fingerprint density at radius 3 is 2.31 bits per heavy atom. The van der Waals surface area contributed by atoms with Crippen molar-refractivity contribution in [1.29, 1.82) is 0 Å². The second-order valence-corrected chi connectivity index (χ2v) is 7.18. The third-order valence-electron chi connectivity index (χ3n) is 4.87. The van der Waals surface area contributed by atoms with Crippen LogP contribution in [-0.4, -0.2) is 37.5 Å². The van der Waals surface area contributed by atoms with Crippen LogP contribution in [0, 0.1) is 0 Å². The molecule has 6 heteroatoms. The molecule has 0 bridgehead atoms. The average Bonchev–Trinajstić information content (AvgIpc) is 2.71. The Morgan fingerprint density at radius 1 is 1.03 bits per heavy atom. The molecule has 0 aliphatic heterocycles. The quantitative estimate of drug-likeness (QED) is 0.695. The van der Waals surface area contributed by atoms with Gasteiger partial charge >= 0.3 is 6.03 Å². The summed E-state index contributed by atoms with van der Waals surface area (Å²) in [4.78, 5) is 28.6. The molecule has 0 saturated carbocycles. The van der Waals surface area contributed by atoms with Crippen molar-refractivity contribution in [2.45, 2.75) is 39.8 Å². The predicted octanol–water partition coefficient (Wildman–Crippen LogP) is 4.39. The van der Waals surface area contributed by atoms with Gasteiger partial charge in [0.1, 0.15) is 0 Å². The lowest BCUT2D eigenvalue weighted by Crippen LogP contribution is -2.33. The van der Waals surface area contributed by atoms with Crippen LogP contribution in [0.15, 0.2) is 48.5 Å². The molecule has 0 aliphatic carbocycles. The molecular formula is C23H32N4O2. The number of rotatable bonds is 8. The van der Waals surface area contributed by atoms with Crippen molar-refractivity contribution in [3.05, 3.63) is 59.7 Å². The van der Waals surface area contributed by atoms with E-state index in [4.69, 9.17) is 0 Å². The highest BCUT2D eigenvalue weighted by molar-refractivity contribution is 5.89. The summed E-state index contributed by atoms with van der Waals surface area (Å²) >= 11 is 0. The van der Waals surface area contributed by atoms with Gasteiger partial charge in [-0.3, -0.25) is 4.79 Å². The van der Waals surface area contributed by atoms with Crippen molar-refractivity contribution in [3.63, 3.8) is 0 Å². The first-order chi connectivity index (χ1) is 13.9. The van der Waals surface area contributed by atoms with E-state index < -0.39 is 0 Å². The molecule has 3 amide bonds. The predicted molar refractivity (Wildman–Crippen MR) is 119 cm³/mol. The first-order valence-electron chi connectivity index (χ1n) is 10.1. The van der Waals surface area contributed by atoms with Crippen LogP contribution in [-0.2, 0) is 11.3 Å². The lowest BCUT2D eigenvalue weighted by molar-refractivity contribution is -0.133. The van der Waals surface area contributed by atoms with E-state index in [0.29, 0.717) is 25.2 Å². The van der Waals surface area contributed by atoms with Crippen LogP contribution in [0.3, 0.4) is 0 Å². The fourth-order valence-electron chi connectivity index (χ4n) is 3.30. The molecule has 0 spiro atoms. The highest BCUT2D eigenvalue weighted by Gasteiger charge is 2.22. The molecule has 1 atom stereocenters. The Kier molecular flexibility index (Phi) is 8.07. The van der Waals surface area contributed by atoms with Gasteiger partial charge in [-0.15, -0.1) is 0 Å². The molecule has 2 aromatic carbocycles. The Morgan fingerprint density at radius 2 is 1.72 bits per heavy atom. The van der Waals surface area contributed by atoms with Gasteiger partial charge in [0.05, 0.1) is 6.04 Å². The molecule has 2 N–H and O–H groups in total. The van der Waals surface area contributed by atoms with Crippen LogP contribution in [0.25, 0.3) is 0 Å². The molecule has 156 valence electrons. The van der Waals surface area contributed by atoms with E-state index in [2.05, 4.69) is 17.6 Å². The smallest absolute Gasteiger partial charge is 0.319 e. The van der Waals surface area contributed by atoms with Crippen molar-refractivity contribution in [2.75, 3.05) is 30.9 Å². The minimum Gasteiger partial charge on any atom is -0.377 e. The standard InChI is InChI=1S/C23H32N4O2/c1-6-22(28)27(17(3)18-11-9-8-10-12-18)16-19-15-20(25-23(29)24-7-2)13-14-21(19)26(4)5/h8-15,17H,6-7,16H2,1-5H3,(H2,24,25,29)/t17-/m0/s1. The summed E-state index contributed by atoms with van der Waals surface area (Å²) in [6, 6.07) is 15.5. The molecule has 29 heavy (non-hydrogen) atoms. The number of urea groups is 1. The van der Waals surface area contributed by atoms with E-state index in [1.165, 1.54) is 0 Å². The number of benzene rings is 2. The largest absolute Gasteiger partial charge is 0.377 e. The molecule has 0 unspecified atom stereocenters. The van der Waals surface area contributed by atoms with Crippen molar-refractivity contribution in [2.24, 2.45) is 0 Å². The van der Waals surface area contributed by atoms with Gasteiger partial charge in [0.25, 0.3) is 0 Å². The summed E-state index contributed by atoms with van der Waals surface area (Å²) in [6.45, 7) is 6.82. The summed E-state index contributed by atoms with van der Waals surface area (Å²) in [5.74, 6) is 0.0909. The van der Waals surface area contributed by atoms with Gasteiger partial charge in [-0.25, -0.2) is 4.79 Å². The highest BCUT2D eigenvalue weighted by atomic mass is 16.2. The van der Waals surface area contributed by atoms with E-state index >= 15 is 0 Å². The van der Waals surface area contributed by atoms with Gasteiger partial charge in [-0.1, -0.05) is 37.3 Å². The first-order valence-corrected chi connectivity index (χ1v) is 10.1. The number of nitrogens with one attached hydrogen (secondary N) is 2. The summed E-state index contributed by atoms with van der Waals surface area (Å²) in [5, 5.41) is 5.59. The van der Waals surface area contributed by atoms with E-state index in [0.717, 1.165) is 16.8 Å². The van der Waals surface area contributed by atoms with Crippen molar-refractivity contribution in [1.82, 2.24) is 10.2 Å². The number of carbonyl (C=O) groups is 2. The summed E-state index contributed by atoms with van der Waals surface area (Å²) in [5.41, 5.74) is 3.79. The molecule has 0 aliphatic rings. The molecule has 0 heterocycles. The van der Waals surface area contributed by atoms with Gasteiger partial charge in [0.15, 0.2) is 0 Å².